The molecule has 108 valence electrons. The van der Waals surface area contributed by atoms with Gasteiger partial charge in [-0.2, -0.15) is 0 Å². The van der Waals surface area contributed by atoms with Crippen LogP contribution in [0, 0.1) is 0 Å². The Bertz CT molecular complexity index is 518. The van der Waals surface area contributed by atoms with Crippen LogP contribution in [0.15, 0.2) is 24.3 Å². The van der Waals surface area contributed by atoms with Gasteiger partial charge in [-0.15, -0.1) is 0 Å². The van der Waals surface area contributed by atoms with Gasteiger partial charge < -0.3 is 10.2 Å². The second-order valence-electron chi connectivity index (χ2n) is 5.65. The third-order valence-corrected chi connectivity index (χ3v) is 5.13. The second-order valence-corrected chi connectivity index (χ2v) is 6.68. The molecular formula is C16H23N3S. The van der Waals surface area contributed by atoms with Gasteiger partial charge >= 0.3 is 0 Å². The van der Waals surface area contributed by atoms with Crippen molar-refractivity contribution in [3.05, 3.63) is 24.3 Å². The third-order valence-electron chi connectivity index (χ3n) is 4.13. The van der Waals surface area contributed by atoms with Gasteiger partial charge in [-0.3, -0.25) is 0 Å². The van der Waals surface area contributed by atoms with Crippen molar-refractivity contribution in [1.82, 2.24) is 9.88 Å². The molecular weight excluding hydrogens is 266 g/mol. The normalized spacial score (nSPS) is 20.4. The fourth-order valence-corrected chi connectivity index (χ4v) is 3.81. The summed E-state index contributed by atoms with van der Waals surface area (Å²) in [5.74, 6) is 0. The summed E-state index contributed by atoms with van der Waals surface area (Å²) in [6.07, 6.45) is 5.34. The topological polar surface area (TPSA) is 28.2 Å². The molecule has 0 spiro atoms. The number of benzene rings is 1. The zero-order valence-corrected chi connectivity index (χ0v) is 13.0. The van der Waals surface area contributed by atoms with Gasteiger partial charge in [0.1, 0.15) is 0 Å². The van der Waals surface area contributed by atoms with Crippen LogP contribution in [0.25, 0.3) is 10.2 Å². The van der Waals surface area contributed by atoms with Crippen LogP contribution >= 0.6 is 11.3 Å². The number of rotatable bonds is 5. The summed E-state index contributed by atoms with van der Waals surface area (Å²) in [4.78, 5) is 7.23. The van der Waals surface area contributed by atoms with Crippen LogP contribution in [0.4, 0.5) is 5.13 Å². The van der Waals surface area contributed by atoms with Crippen LogP contribution in [-0.2, 0) is 0 Å². The lowest BCUT2D eigenvalue weighted by atomic mass is 10.0. The van der Waals surface area contributed by atoms with E-state index in [2.05, 4.69) is 40.3 Å². The van der Waals surface area contributed by atoms with Crippen molar-refractivity contribution < 1.29 is 0 Å². The zero-order chi connectivity index (χ0) is 13.8. The van der Waals surface area contributed by atoms with Crippen LogP contribution in [-0.4, -0.2) is 35.6 Å². The molecule has 1 atom stereocenters. The molecule has 2 heterocycles. The molecule has 2 aromatic rings. The zero-order valence-electron chi connectivity index (χ0n) is 12.1. The first kappa shape index (κ1) is 13.8. The van der Waals surface area contributed by atoms with Gasteiger partial charge in [0.2, 0.25) is 0 Å². The number of nitrogens with zero attached hydrogens (tertiary/aromatic N) is 2. The second kappa shape index (κ2) is 6.55. The highest BCUT2D eigenvalue weighted by molar-refractivity contribution is 7.22. The minimum Gasteiger partial charge on any atom is -0.361 e. The van der Waals surface area contributed by atoms with Crippen molar-refractivity contribution in [3.63, 3.8) is 0 Å². The smallest absolute Gasteiger partial charge is 0.183 e. The molecule has 0 radical (unpaired) electrons. The standard InChI is InChI=1S/C16H23N3S/c1-13-7-4-5-11-19(13)12-6-10-17-16-18-14-8-2-3-9-15(14)20-16/h2-3,8-9,13H,4-7,10-12H2,1H3,(H,17,18). The quantitative estimate of drug-likeness (QED) is 0.844. The van der Waals surface area contributed by atoms with E-state index in [0.29, 0.717) is 0 Å². The minimum absolute atomic E-state index is 0.770. The van der Waals surface area contributed by atoms with Crippen molar-refractivity contribution in [1.29, 1.82) is 0 Å². The van der Waals surface area contributed by atoms with E-state index in [4.69, 9.17) is 0 Å². The molecule has 1 aromatic heterocycles. The number of thiazole rings is 1. The van der Waals surface area contributed by atoms with E-state index in [1.807, 2.05) is 6.07 Å². The fraction of sp³-hybridized carbons (Fsp3) is 0.562. The average molecular weight is 289 g/mol. The molecule has 0 aliphatic carbocycles. The van der Waals surface area contributed by atoms with E-state index in [9.17, 15) is 0 Å². The maximum atomic E-state index is 4.61. The number of fused-ring (bicyclic) bond motifs is 1. The molecule has 20 heavy (non-hydrogen) atoms. The Morgan fingerprint density at radius 3 is 3.10 bits per heavy atom. The molecule has 1 fully saturated rings. The molecule has 4 heteroatoms. The third kappa shape index (κ3) is 3.30. The van der Waals surface area contributed by atoms with Gasteiger partial charge in [-0.05, 0) is 44.9 Å². The van der Waals surface area contributed by atoms with Crippen molar-refractivity contribution in [2.45, 2.75) is 38.6 Å². The Morgan fingerprint density at radius 2 is 2.25 bits per heavy atom. The molecule has 0 saturated carbocycles. The number of para-hydroxylation sites is 1. The number of likely N-dealkylation sites (tertiary alicyclic amines) is 1. The number of nitrogens with one attached hydrogen (secondary N) is 1. The fourth-order valence-electron chi connectivity index (χ4n) is 2.92. The van der Waals surface area contributed by atoms with Gasteiger partial charge in [-0.25, -0.2) is 4.98 Å². The predicted octanol–water partition coefficient (Wildman–Crippen LogP) is 3.97. The lowest BCUT2D eigenvalue weighted by Gasteiger charge is -2.33. The number of piperidine rings is 1. The first-order chi connectivity index (χ1) is 9.83. The lowest BCUT2D eigenvalue weighted by molar-refractivity contribution is 0.160. The summed E-state index contributed by atoms with van der Waals surface area (Å²) in [5.41, 5.74) is 1.10. The van der Waals surface area contributed by atoms with Crippen LogP contribution in [0.3, 0.4) is 0 Å². The maximum Gasteiger partial charge on any atom is 0.183 e. The Labute approximate surface area is 125 Å². The van der Waals surface area contributed by atoms with Gasteiger partial charge in [0.25, 0.3) is 0 Å². The number of hydrogen-bond donors (Lipinski definition) is 1. The van der Waals surface area contributed by atoms with E-state index in [1.165, 1.54) is 43.5 Å². The Hall–Kier alpha value is -1.13. The number of aromatic nitrogens is 1. The first-order valence-electron chi connectivity index (χ1n) is 7.66. The van der Waals surface area contributed by atoms with Crippen molar-refractivity contribution >= 4 is 26.7 Å². The molecule has 3 rings (SSSR count). The monoisotopic (exact) mass is 289 g/mol. The van der Waals surface area contributed by atoms with Crippen LogP contribution < -0.4 is 5.32 Å². The largest absolute Gasteiger partial charge is 0.361 e. The van der Waals surface area contributed by atoms with Gasteiger partial charge in [0.05, 0.1) is 10.2 Å². The van der Waals surface area contributed by atoms with Crippen LogP contribution in [0.5, 0.6) is 0 Å². The lowest BCUT2D eigenvalue weighted by Crippen LogP contribution is -2.38. The summed E-state index contributed by atoms with van der Waals surface area (Å²) in [5, 5.41) is 4.52. The summed E-state index contributed by atoms with van der Waals surface area (Å²) in [6, 6.07) is 9.09. The number of anilines is 1. The molecule has 1 N–H and O–H groups in total. The molecule has 0 bridgehead atoms. The summed E-state index contributed by atoms with van der Waals surface area (Å²) < 4.78 is 1.26. The van der Waals surface area contributed by atoms with Crippen molar-refractivity contribution in [2.75, 3.05) is 25.0 Å². The van der Waals surface area contributed by atoms with E-state index in [0.717, 1.165) is 23.2 Å². The predicted molar refractivity (Wildman–Crippen MR) is 87.6 cm³/mol. The van der Waals surface area contributed by atoms with Gasteiger partial charge in [0.15, 0.2) is 5.13 Å². The van der Waals surface area contributed by atoms with E-state index in [1.54, 1.807) is 11.3 Å². The molecule has 0 amide bonds. The summed E-state index contributed by atoms with van der Waals surface area (Å²) in [7, 11) is 0. The molecule has 3 nitrogen and oxygen atoms in total. The summed E-state index contributed by atoms with van der Waals surface area (Å²) in [6.45, 7) is 5.87. The summed E-state index contributed by atoms with van der Waals surface area (Å²) >= 11 is 1.75. The average Bonchev–Trinajstić information content (AvgIpc) is 2.88. The first-order valence-corrected chi connectivity index (χ1v) is 8.48. The SMILES string of the molecule is CC1CCCCN1CCCNc1nc2ccccc2s1. The van der Waals surface area contributed by atoms with E-state index < -0.39 is 0 Å². The van der Waals surface area contributed by atoms with Gasteiger partial charge in [0, 0.05) is 19.1 Å². The highest BCUT2D eigenvalue weighted by Gasteiger charge is 2.17. The Morgan fingerprint density at radius 1 is 1.35 bits per heavy atom. The Kier molecular flexibility index (Phi) is 4.53. The molecule has 1 aliphatic heterocycles. The molecule has 1 saturated heterocycles. The molecule has 1 aromatic carbocycles. The number of hydrogen-bond acceptors (Lipinski definition) is 4. The van der Waals surface area contributed by atoms with E-state index in [-0.39, 0.29) is 0 Å². The van der Waals surface area contributed by atoms with Crippen LogP contribution in [0.1, 0.15) is 32.6 Å². The highest BCUT2D eigenvalue weighted by Crippen LogP contribution is 2.25. The van der Waals surface area contributed by atoms with Crippen LogP contribution in [0.2, 0.25) is 0 Å². The van der Waals surface area contributed by atoms with Crippen molar-refractivity contribution in [2.24, 2.45) is 0 Å². The van der Waals surface area contributed by atoms with E-state index >= 15 is 0 Å². The molecule has 1 aliphatic rings. The highest BCUT2D eigenvalue weighted by atomic mass is 32.1. The maximum absolute atomic E-state index is 4.61. The minimum atomic E-state index is 0.770. The molecule has 1 unspecified atom stereocenters. The van der Waals surface area contributed by atoms with Crippen molar-refractivity contribution in [3.8, 4) is 0 Å². The van der Waals surface area contributed by atoms with Gasteiger partial charge in [-0.1, -0.05) is 29.9 Å². The Balaban J connectivity index is 1.45.